The Balaban J connectivity index is 3.22. The van der Waals surface area contributed by atoms with Crippen LogP contribution in [0.5, 0.6) is 5.75 Å². The predicted octanol–water partition coefficient (Wildman–Crippen LogP) is 3.75. The van der Waals surface area contributed by atoms with Crippen molar-refractivity contribution < 1.29 is 17.9 Å². The van der Waals surface area contributed by atoms with Gasteiger partial charge in [-0.2, -0.15) is 5.26 Å². The molecule has 0 aliphatic heterocycles. The number of hydrogen-bond donors (Lipinski definition) is 0. The molecule has 0 bridgehead atoms. The molecule has 2 nitrogen and oxygen atoms in total. The zero-order valence-corrected chi connectivity index (χ0v) is 9.72. The third kappa shape index (κ3) is 3.66. The summed E-state index contributed by atoms with van der Waals surface area (Å²) in [4.78, 5) is 0. The molecule has 92 valence electrons. The molecule has 0 aliphatic carbocycles. The Morgan fingerprint density at radius 1 is 1.18 bits per heavy atom. The lowest BCUT2D eigenvalue weighted by Crippen LogP contribution is -2.19. The van der Waals surface area contributed by atoms with Crippen molar-refractivity contribution in [3.63, 3.8) is 0 Å². The third-order valence-corrected chi connectivity index (χ3v) is 2.19. The molecule has 5 heteroatoms. The number of nitriles is 1. The summed E-state index contributed by atoms with van der Waals surface area (Å²) >= 11 is 0. The molecule has 1 rings (SSSR count). The summed E-state index contributed by atoms with van der Waals surface area (Å²) in [6.45, 7) is 5.60. The van der Waals surface area contributed by atoms with Crippen LogP contribution in [0.25, 0.3) is 0 Å². The van der Waals surface area contributed by atoms with Crippen LogP contribution >= 0.6 is 0 Å². The van der Waals surface area contributed by atoms with Crippen LogP contribution in [0, 0.1) is 11.3 Å². The van der Waals surface area contributed by atoms with Gasteiger partial charge in [-0.15, -0.1) is 13.2 Å². The maximum atomic E-state index is 12.2. The van der Waals surface area contributed by atoms with Gasteiger partial charge in [-0.25, -0.2) is 0 Å². The SMILES string of the molecule is CC(C)(C)c1ccc(C#N)c(OC(F)(F)F)c1. The lowest BCUT2D eigenvalue weighted by Gasteiger charge is -2.20. The summed E-state index contributed by atoms with van der Waals surface area (Å²) < 4.78 is 40.3. The van der Waals surface area contributed by atoms with Crippen LogP contribution in [-0.4, -0.2) is 6.36 Å². The molecule has 0 heterocycles. The summed E-state index contributed by atoms with van der Waals surface area (Å²) in [5, 5.41) is 8.71. The summed E-state index contributed by atoms with van der Waals surface area (Å²) in [6.07, 6.45) is -4.79. The minimum atomic E-state index is -4.79. The molecule has 0 spiro atoms. The van der Waals surface area contributed by atoms with Gasteiger partial charge >= 0.3 is 6.36 Å². The van der Waals surface area contributed by atoms with Crippen LogP contribution < -0.4 is 4.74 Å². The van der Waals surface area contributed by atoms with E-state index in [2.05, 4.69) is 4.74 Å². The van der Waals surface area contributed by atoms with Crippen LogP contribution in [-0.2, 0) is 5.41 Å². The first-order chi connectivity index (χ1) is 7.63. The largest absolute Gasteiger partial charge is 0.573 e. The predicted molar refractivity (Wildman–Crippen MR) is 56.5 cm³/mol. The van der Waals surface area contributed by atoms with Crippen molar-refractivity contribution in [1.82, 2.24) is 0 Å². The molecular formula is C12H12F3NO. The van der Waals surface area contributed by atoms with Crippen LogP contribution in [0.4, 0.5) is 13.2 Å². The lowest BCUT2D eigenvalue weighted by atomic mass is 9.86. The van der Waals surface area contributed by atoms with Crippen molar-refractivity contribution in [2.24, 2.45) is 0 Å². The minimum absolute atomic E-state index is 0.129. The average molecular weight is 243 g/mol. The van der Waals surface area contributed by atoms with Gasteiger partial charge < -0.3 is 4.74 Å². The standard InChI is InChI=1S/C12H12F3NO/c1-11(2,3)9-5-4-8(7-16)10(6-9)17-12(13,14)15/h4-6H,1-3H3. The minimum Gasteiger partial charge on any atom is -0.404 e. The number of alkyl halides is 3. The van der Waals surface area contributed by atoms with Gasteiger partial charge in [-0.05, 0) is 23.1 Å². The Labute approximate surface area is 97.6 Å². The van der Waals surface area contributed by atoms with Crippen LogP contribution in [0.1, 0.15) is 31.9 Å². The topological polar surface area (TPSA) is 33.0 Å². The second kappa shape index (κ2) is 4.28. The molecule has 17 heavy (non-hydrogen) atoms. The van der Waals surface area contributed by atoms with Crippen LogP contribution in [0.2, 0.25) is 0 Å². The van der Waals surface area contributed by atoms with Gasteiger partial charge in [0.15, 0.2) is 0 Å². The van der Waals surface area contributed by atoms with E-state index >= 15 is 0 Å². The normalized spacial score (nSPS) is 12.1. The number of nitrogens with zero attached hydrogens (tertiary/aromatic N) is 1. The van der Waals surface area contributed by atoms with Crippen molar-refractivity contribution in [3.05, 3.63) is 29.3 Å². The molecule has 0 aliphatic rings. The number of ether oxygens (including phenoxy) is 1. The zero-order chi connectivity index (χ0) is 13.3. The zero-order valence-electron chi connectivity index (χ0n) is 9.72. The molecule has 0 unspecified atom stereocenters. The number of benzene rings is 1. The highest BCUT2D eigenvalue weighted by Gasteiger charge is 2.32. The fraction of sp³-hybridized carbons (Fsp3) is 0.417. The van der Waals surface area contributed by atoms with E-state index in [0.29, 0.717) is 5.56 Å². The molecular weight excluding hydrogens is 231 g/mol. The van der Waals surface area contributed by atoms with E-state index in [4.69, 9.17) is 5.26 Å². The highest BCUT2D eigenvalue weighted by atomic mass is 19.4. The Kier molecular flexibility index (Phi) is 3.37. The third-order valence-electron chi connectivity index (χ3n) is 2.19. The molecule has 0 radical (unpaired) electrons. The van der Waals surface area contributed by atoms with Crippen molar-refractivity contribution in [2.75, 3.05) is 0 Å². The van der Waals surface area contributed by atoms with Gasteiger partial charge in [0, 0.05) is 0 Å². The van der Waals surface area contributed by atoms with Crippen LogP contribution in [0.15, 0.2) is 18.2 Å². The Bertz CT molecular complexity index is 452. The van der Waals surface area contributed by atoms with E-state index in [9.17, 15) is 13.2 Å². The van der Waals surface area contributed by atoms with Gasteiger partial charge in [0.1, 0.15) is 11.8 Å². The Morgan fingerprint density at radius 3 is 2.18 bits per heavy atom. The van der Waals surface area contributed by atoms with Crippen molar-refractivity contribution in [1.29, 1.82) is 5.26 Å². The van der Waals surface area contributed by atoms with E-state index in [1.165, 1.54) is 12.1 Å². The Morgan fingerprint density at radius 2 is 1.76 bits per heavy atom. The van der Waals surface area contributed by atoms with Gasteiger partial charge in [-0.3, -0.25) is 0 Å². The second-order valence-electron chi connectivity index (χ2n) is 4.62. The maximum absolute atomic E-state index is 12.2. The molecule has 0 atom stereocenters. The van der Waals surface area contributed by atoms with E-state index in [1.54, 1.807) is 12.1 Å². The lowest BCUT2D eigenvalue weighted by molar-refractivity contribution is -0.274. The Hall–Kier alpha value is -1.70. The van der Waals surface area contributed by atoms with Gasteiger partial charge in [0.25, 0.3) is 0 Å². The van der Waals surface area contributed by atoms with Crippen molar-refractivity contribution in [3.8, 4) is 11.8 Å². The van der Waals surface area contributed by atoms with E-state index < -0.39 is 12.1 Å². The van der Waals surface area contributed by atoms with Gasteiger partial charge in [-0.1, -0.05) is 26.8 Å². The fourth-order valence-electron chi connectivity index (χ4n) is 1.29. The van der Waals surface area contributed by atoms with Gasteiger partial charge in [0.2, 0.25) is 0 Å². The summed E-state index contributed by atoms with van der Waals surface area (Å²) in [6, 6.07) is 5.89. The van der Waals surface area contributed by atoms with E-state index in [-0.39, 0.29) is 11.0 Å². The second-order valence-corrected chi connectivity index (χ2v) is 4.62. The number of halogens is 3. The van der Waals surface area contributed by atoms with Crippen LogP contribution in [0.3, 0.4) is 0 Å². The monoisotopic (exact) mass is 243 g/mol. The number of rotatable bonds is 1. The average Bonchev–Trinajstić information content (AvgIpc) is 2.13. The van der Waals surface area contributed by atoms with Gasteiger partial charge in [0.05, 0.1) is 5.56 Å². The van der Waals surface area contributed by atoms with Crippen molar-refractivity contribution >= 4 is 0 Å². The molecule has 0 saturated heterocycles. The van der Waals surface area contributed by atoms with Crippen molar-refractivity contribution in [2.45, 2.75) is 32.5 Å². The smallest absolute Gasteiger partial charge is 0.404 e. The maximum Gasteiger partial charge on any atom is 0.573 e. The molecule has 0 aromatic heterocycles. The summed E-state index contributed by atoms with van der Waals surface area (Å²) in [5.41, 5.74) is 0.239. The quantitative estimate of drug-likeness (QED) is 0.752. The summed E-state index contributed by atoms with van der Waals surface area (Å²) in [5.74, 6) is -0.451. The first-order valence-corrected chi connectivity index (χ1v) is 4.94. The molecule has 0 saturated carbocycles. The molecule has 0 fully saturated rings. The highest BCUT2D eigenvalue weighted by molar-refractivity contribution is 5.46. The highest BCUT2D eigenvalue weighted by Crippen LogP contribution is 2.31. The number of hydrogen-bond acceptors (Lipinski definition) is 2. The molecule has 0 amide bonds. The molecule has 1 aromatic carbocycles. The van der Waals surface area contributed by atoms with E-state index in [0.717, 1.165) is 0 Å². The summed E-state index contributed by atoms with van der Waals surface area (Å²) in [7, 11) is 0. The fourth-order valence-corrected chi connectivity index (χ4v) is 1.29. The molecule has 0 N–H and O–H groups in total. The molecule has 1 aromatic rings. The first-order valence-electron chi connectivity index (χ1n) is 4.94. The van der Waals surface area contributed by atoms with E-state index in [1.807, 2.05) is 20.8 Å². The first kappa shape index (κ1) is 13.4.